The summed E-state index contributed by atoms with van der Waals surface area (Å²) in [5.74, 6) is 0.498. The minimum absolute atomic E-state index is 0.136. The second-order valence-corrected chi connectivity index (χ2v) is 5.95. The molecule has 7 heteroatoms. The summed E-state index contributed by atoms with van der Waals surface area (Å²) in [7, 11) is 1.60. The van der Waals surface area contributed by atoms with Crippen LogP contribution in [0.15, 0.2) is 66.7 Å². The number of pyridine rings is 1. The number of aromatic hydroxyl groups is 1. The van der Waals surface area contributed by atoms with Crippen LogP contribution >= 0.6 is 0 Å². The van der Waals surface area contributed by atoms with E-state index in [1.807, 2.05) is 24.3 Å². The van der Waals surface area contributed by atoms with E-state index in [1.165, 1.54) is 0 Å². The van der Waals surface area contributed by atoms with E-state index < -0.39 is 0 Å². The summed E-state index contributed by atoms with van der Waals surface area (Å²) in [6, 6.07) is 19.7. The molecule has 3 N–H and O–H groups in total. The molecule has 0 radical (unpaired) electrons. The fourth-order valence-corrected chi connectivity index (χ4v) is 2.82. The Hall–Kier alpha value is -3.87. The van der Waals surface area contributed by atoms with Gasteiger partial charge in [0, 0.05) is 23.9 Å². The van der Waals surface area contributed by atoms with Crippen LogP contribution in [0.2, 0.25) is 0 Å². The minimum atomic E-state index is -0.136. The molecule has 0 unspecified atom stereocenters. The Morgan fingerprint density at radius 2 is 1.81 bits per heavy atom. The fourth-order valence-electron chi connectivity index (χ4n) is 2.82. The summed E-state index contributed by atoms with van der Waals surface area (Å²) in [5.41, 5.74) is 3.70. The Labute approximate surface area is 155 Å². The number of amides is 1. The predicted molar refractivity (Wildman–Crippen MR) is 103 cm³/mol. The lowest BCUT2D eigenvalue weighted by molar-refractivity contribution is 0.0963. The maximum Gasteiger partial charge on any atom is 0.251 e. The number of phenols is 1. The Kier molecular flexibility index (Phi) is 4.18. The second-order valence-electron chi connectivity index (χ2n) is 5.95. The molecular formula is C20H17N5O2. The molecule has 0 spiro atoms. The lowest BCUT2D eigenvalue weighted by Gasteiger charge is -2.05. The molecule has 1 amide bonds. The molecule has 4 aromatic rings. The van der Waals surface area contributed by atoms with Gasteiger partial charge in [-0.05, 0) is 48.5 Å². The number of hydrogen-bond acceptors (Lipinski definition) is 5. The van der Waals surface area contributed by atoms with Gasteiger partial charge in [0.05, 0.1) is 5.69 Å². The van der Waals surface area contributed by atoms with Crippen molar-refractivity contribution in [2.45, 2.75) is 0 Å². The molecule has 2 heterocycles. The van der Waals surface area contributed by atoms with E-state index >= 15 is 0 Å². The third-order valence-electron chi connectivity index (χ3n) is 4.13. The van der Waals surface area contributed by atoms with Crippen molar-refractivity contribution >= 4 is 23.2 Å². The largest absolute Gasteiger partial charge is 0.508 e. The molecule has 0 aliphatic heterocycles. The number of nitrogens with one attached hydrogen (secondary N) is 2. The van der Waals surface area contributed by atoms with Gasteiger partial charge in [-0.25, -0.2) is 4.52 Å². The van der Waals surface area contributed by atoms with Gasteiger partial charge in [0.2, 0.25) is 5.95 Å². The number of anilines is 2. The smallest absolute Gasteiger partial charge is 0.251 e. The molecule has 0 aliphatic rings. The number of rotatable bonds is 4. The van der Waals surface area contributed by atoms with E-state index in [0.717, 1.165) is 16.9 Å². The summed E-state index contributed by atoms with van der Waals surface area (Å²) in [4.78, 5) is 16.1. The topological polar surface area (TPSA) is 91.5 Å². The summed E-state index contributed by atoms with van der Waals surface area (Å²) in [5, 5.41) is 20.0. The third kappa shape index (κ3) is 3.30. The van der Waals surface area contributed by atoms with Crippen molar-refractivity contribution in [1.82, 2.24) is 19.9 Å². The third-order valence-corrected chi connectivity index (χ3v) is 4.13. The number of carbonyl (C=O) groups excluding carboxylic acids is 1. The van der Waals surface area contributed by atoms with Gasteiger partial charge in [0.25, 0.3) is 5.91 Å². The van der Waals surface area contributed by atoms with E-state index in [-0.39, 0.29) is 11.7 Å². The minimum Gasteiger partial charge on any atom is -0.508 e. The highest BCUT2D eigenvalue weighted by Gasteiger charge is 2.10. The van der Waals surface area contributed by atoms with Crippen molar-refractivity contribution in [2.75, 3.05) is 12.4 Å². The van der Waals surface area contributed by atoms with Crippen LogP contribution in [0.5, 0.6) is 5.75 Å². The molecular weight excluding hydrogens is 342 g/mol. The predicted octanol–water partition coefficient (Wildman–Crippen LogP) is 3.21. The Morgan fingerprint density at radius 3 is 2.56 bits per heavy atom. The van der Waals surface area contributed by atoms with Gasteiger partial charge in [-0.15, -0.1) is 5.10 Å². The van der Waals surface area contributed by atoms with Gasteiger partial charge in [-0.3, -0.25) is 4.79 Å². The standard InChI is InChI=1S/C20H17N5O2/c1-21-19(27)13-8-10-15(11-9-13)22-20-23-18-7-3-6-17(25(18)24-20)14-4-2-5-16(26)12-14/h2-12,26H,1H3,(H,21,27)(H,22,24). The van der Waals surface area contributed by atoms with Crippen molar-refractivity contribution in [3.05, 3.63) is 72.3 Å². The van der Waals surface area contributed by atoms with Crippen LogP contribution in [0.4, 0.5) is 11.6 Å². The SMILES string of the molecule is CNC(=O)c1ccc(Nc2nc3cccc(-c4cccc(O)c4)n3n2)cc1. The number of benzene rings is 2. The van der Waals surface area contributed by atoms with Crippen LogP contribution in [-0.2, 0) is 0 Å². The van der Waals surface area contributed by atoms with E-state index in [4.69, 9.17) is 0 Å². The van der Waals surface area contributed by atoms with Gasteiger partial charge >= 0.3 is 0 Å². The zero-order chi connectivity index (χ0) is 18.8. The van der Waals surface area contributed by atoms with Gasteiger partial charge < -0.3 is 15.7 Å². The Bertz CT molecular complexity index is 1120. The highest BCUT2D eigenvalue weighted by molar-refractivity contribution is 5.94. The molecule has 0 saturated carbocycles. The molecule has 134 valence electrons. The Balaban J connectivity index is 1.66. The van der Waals surface area contributed by atoms with Crippen LogP contribution in [0.3, 0.4) is 0 Å². The van der Waals surface area contributed by atoms with Crippen molar-refractivity contribution in [2.24, 2.45) is 0 Å². The van der Waals surface area contributed by atoms with Crippen LogP contribution in [0, 0.1) is 0 Å². The van der Waals surface area contributed by atoms with Crippen LogP contribution in [0.1, 0.15) is 10.4 Å². The molecule has 0 aliphatic carbocycles. The average molecular weight is 359 g/mol. The summed E-state index contributed by atoms with van der Waals surface area (Å²) in [6.07, 6.45) is 0. The average Bonchev–Trinajstić information content (AvgIpc) is 3.10. The maximum atomic E-state index is 11.6. The molecule has 0 fully saturated rings. The molecule has 7 nitrogen and oxygen atoms in total. The van der Waals surface area contributed by atoms with Crippen LogP contribution in [0.25, 0.3) is 16.9 Å². The van der Waals surface area contributed by atoms with E-state index in [0.29, 0.717) is 17.2 Å². The van der Waals surface area contributed by atoms with Crippen molar-refractivity contribution in [3.63, 3.8) is 0 Å². The van der Waals surface area contributed by atoms with Crippen molar-refractivity contribution in [1.29, 1.82) is 0 Å². The highest BCUT2D eigenvalue weighted by atomic mass is 16.3. The number of carbonyl (C=O) groups is 1. The summed E-state index contributed by atoms with van der Waals surface area (Å²) < 4.78 is 1.72. The summed E-state index contributed by atoms with van der Waals surface area (Å²) in [6.45, 7) is 0. The van der Waals surface area contributed by atoms with Crippen LogP contribution < -0.4 is 10.6 Å². The highest BCUT2D eigenvalue weighted by Crippen LogP contribution is 2.24. The first-order chi connectivity index (χ1) is 13.1. The monoisotopic (exact) mass is 359 g/mol. The van der Waals surface area contributed by atoms with E-state index in [2.05, 4.69) is 20.7 Å². The number of phenolic OH excluding ortho intramolecular Hbond substituents is 1. The number of aromatic nitrogens is 3. The van der Waals surface area contributed by atoms with E-state index in [1.54, 1.807) is 54.0 Å². The lowest BCUT2D eigenvalue weighted by atomic mass is 10.1. The van der Waals surface area contributed by atoms with Crippen molar-refractivity contribution in [3.8, 4) is 17.0 Å². The number of hydrogen-bond donors (Lipinski definition) is 3. The van der Waals surface area contributed by atoms with Crippen LogP contribution in [-0.4, -0.2) is 32.7 Å². The molecule has 27 heavy (non-hydrogen) atoms. The molecule has 0 bridgehead atoms. The first kappa shape index (κ1) is 16.6. The van der Waals surface area contributed by atoms with Gasteiger partial charge in [0.1, 0.15) is 5.75 Å². The molecule has 0 saturated heterocycles. The fraction of sp³-hybridized carbons (Fsp3) is 0.0500. The van der Waals surface area contributed by atoms with Gasteiger partial charge in [0.15, 0.2) is 5.65 Å². The normalized spacial score (nSPS) is 10.7. The van der Waals surface area contributed by atoms with Gasteiger partial charge in [-0.2, -0.15) is 4.98 Å². The molecule has 2 aromatic carbocycles. The van der Waals surface area contributed by atoms with Crippen molar-refractivity contribution < 1.29 is 9.90 Å². The molecule has 2 aromatic heterocycles. The molecule has 4 rings (SSSR count). The number of nitrogens with zero attached hydrogens (tertiary/aromatic N) is 3. The zero-order valence-corrected chi connectivity index (χ0v) is 14.5. The Morgan fingerprint density at radius 1 is 1.04 bits per heavy atom. The molecule has 0 atom stereocenters. The lowest BCUT2D eigenvalue weighted by Crippen LogP contribution is -2.17. The quantitative estimate of drug-likeness (QED) is 0.520. The maximum absolute atomic E-state index is 11.6. The second kappa shape index (κ2) is 6.80. The number of fused-ring (bicyclic) bond motifs is 1. The summed E-state index contributed by atoms with van der Waals surface area (Å²) >= 11 is 0. The first-order valence-electron chi connectivity index (χ1n) is 8.38. The van der Waals surface area contributed by atoms with E-state index in [9.17, 15) is 9.90 Å². The first-order valence-corrected chi connectivity index (χ1v) is 8.38. The zero-order valence-electron chi connectivity index (χ0n) is 14.5. The van der Waals surface area contributed by atoms with Gasteiger partial charge in [-0.1, -0.05) is 18.2 Å².